The number of amides is 1. The Morgan fingerprint density at radius 3 is 2.55 bits per heavy atom. The van der Waals surface area contributed by atoms with Crippen molar-refractivity contribution in [2.45, 2.75) is 27.2 Å². The van der Waals surface area contributed by atoms with E-state index in [-0.39, 0.29) is 5.91 Å². The van der Waals surface area contributed by atoms with Gasteiger partial charge in [0.15, 0.2) is 5.58 Å². The van der Waals surface area contributed by atoms with Gasteiger partial charge in [0.05, 0.1) is 10.7 Å². The van der Waals surface area contributed by atoms with Crippen molar-refractivity contribution in [3.05, 3.63) is 81.9 Å². The van der Waals surface area contributed by atoms with E-state index in [0.29, 0.717) is 22.2 Å². The molecule has 4 rings (SSSR count). The number of benzene rings is 3. The van der Waals surface area contributed by atoms with Crippen LogP contribution in [0.5, 0.6) is 0 Å². The summed E-state index contributed by atoms with van der Waals surface area (Å²) in [5, 5.41) is 3.34. The Morgan fingerprint density at radius 2 is 1.83 bits per heavy atom. The average Bonchev–Trinajstić information content (AvgIpc) is 3.14. The maximum absolute atomic E-state index is 12.6. The van der Waals surface area contributed by atoms with Gasteiger partial charge in [0.1, 0.15) is 5.52 Å². The van der Waals surface area contributed by atoms with Crippen molar-refractivity contribution in [1.82, 2.24) is 4.98 Å². The standard InChI is InChI=1S/C24H21ClN2O2/c1-4-16-5-7-17(8-6-16)23(28)26-20-13-18(9-10-19(20)25)24-27-21-12-14(2)11-15(3)22(21)29-24/h5-13H,4H2,1-3H3,(H,26,28). The molecule has 0 aliphatic rings. The molecule has 1 aromatic heterocycles. The molecule has 146 valence electrons. The number of fused-ring (bicyclic) bond motifs is 1. The van der Waals surface area contributed by atoms with Gasteiger partial charge >= 0.3 is 0 Å². The van der Waals surface area contributed by atoms with E-state index in [1.165, 1.54) is 5.56 Å². The van der Waals surface area contributed by atoms with Gasteiger partial charge in [-0.25, -0.2) is 4.98 Å². The first-order valence-corrected chi connectivity index (χ1v) is 9.90. The molecule has 0 atom stereocenters. The molecule has 0 fully saturated rings. The van der Waals surface area contributed by atoms with Crippen molar-refractivity contribution in [2.24, 2.45) is 0 Å². The van der Waals surface area contributed by atoms with Gasteiger partial charge in [0.2, 0.25) is 5.89 Å². The first kappa shape index (κ1) is 19.2. The Kier molecular flexibility index (Phi) is 5.12. The maximum atomic E-state index is 12.6. The molecule has 1 N–H and O–H groups in total. The van der Waals surface area contributed by atoms with Crippen molar-refractivity contribution in [1.29, 1.82) is 0 Å². The van der Waals surface area contributed by atoms with E-state index in [0.717, 1.165) is 34.2 Å². The zero-order valence-corrected chi connectivity index (χ0v) is 17.3. The third-order valence-electron chi connectivity index (χ3n) is 4.91. The van der Waals surface area contributed by atoms with Crippen LogP contribution in [0.4, 0.5) is 5.69 Å². The van der Waals surface area contributed by atoms with Crippen molar-refractivity contribution < 1.29 is 9.21 Å². The van der Waals surface area contributed by atoms with E-state index in [1.54, 1.807) is 12.1 Å². The molecule has 29 heavy (non-hydrogen) atoms. The Labute approximate surface area is 174 Å². The molecule has 4 aromatic rings. The highest BCUT2D eigenvalue weighted by Gasteiger charge is 2.14. The lowest BCUT2D eigenvalue weighted by atomic mass is 10.1. The minimum Gasteiger partial charge on any atom is -0.436 e. The van der Waals surface area contributed by atoms with Crippen LogP contribution < -0.4 is 5.32 Å². The lowest BCUT2D eigenvalue weighted by Gasteiger charge is -2.09. The van der Waals surface area contributed by atoms with Crippen LogP contribution >= 0.6 is 11.6 Å². The number of nitrogens with zero attached hydrogens (tertiary/aromatic N) is 1. The molecule has 3 aromatic carbocycles. The van der Waals surface area contributed by atoms with Gasteiger partial charge < -0.3 is 9.73 Å². The Balaban J connectivity index is 1.65. The Bertz CT molecular complexity index is 1210. The van der Waals surface area contributed by atoms with Gasteiger partial charge in [-0.2, -0.15) is 0 Å². The van der Waals surface area contributed by atoms with Gasteiger partial charge in [-0.15, -0.1) is 0 Å². The molecule has 5 heteroatoms. The predicted octanol–water partition coefficient (Wildman–Crippen LogP) is 6.58. The molecular weight excluding hydrogens is 384 g/mol. The van der Waals surface area contributed by atoms with Crippen LogP contribution in [0.2, 0.25) is 5.02 Å². The summed E-state index contributed by atoms with van der Waals surface area (Å²) in [5.41, 5.74) is 6.78. The fourth-order valence-corrected chi connectivity index (χ4v) is 3.51. The number of aromatic nitrogens is 1. The molecule has 0 radical (unpaired) electrons. The fourth-order valence-electron chi connectivity index (χ4n) is 3.34. The second-order valence-corrected chi connectivity index (χ2v) is 7.56. The molecule has 0 saturated carbocycles. The number of hydrogen-bond acceptors (Lipinski definition) is 3. The Hall–Kier alpha value is -3.11. The highest BCUT2D eigenvalue weighted by atomic mass is 35.5. The van der Waals surface area contributed by atoms with E-state index in [9.17, 15) is 4.79 Å². The summed E-state index contributed by atoms with van der Waals surface area (Å²) in [6.07, 6.45) is 0.930. The zero-order chi connectivity index (χ0) is 20.5. The fraction of sp³-hybridized carbons (Fsp3) is 0.167. The number of aryl methyl sites for hydroxylation is 3. The van der Waals surface area contributed by atoms with Gasteiger partial charge in [0, 0.05) is 11.1 Å². The van der Waals surface area contributed by atoms with Crippen molar-refractivity contribution >= 4 is 34.3 Å². The van der Waals surface area contributed by atoms with Crippen LogP contribution in [0, 0.1) is 13.8 Å². The van der Waals surface area contributed by atoms with Gasteiger partial charge in [-0.05, 0) is 73.4 Å². The number of carbonyl (C=O) groups is 1. The molecule has 0 saturated heterocycles. The summed E-state index contributed by atoms with van der Waals surface area (Å²) < 4.78 is 5.98. The topological polar surface area (TPSA) is 55.1 Å². The van der Waals surface area contributed by atoms with Crippen molar-refractivity contribution in [3.8, 4) is 11.5 Å². The monoisotopic (exact) mass is 404 g/mol. The van der Waals surface area contributed by atoms with Crippen LogP contribution in [0.3, 0.4) is 0 Å². The third kappa shape index (κ3) is 3.89. The predicted molar refractivity (Wildman–Crippen MR) is 118 cm³/mol. The normalized spacial score (nSPS) is 11.0. The molecular formula is C24H21ClN2O2. The highest BCUT2D eigenvalue weighted by Crippen LogP contribution is 2.32. The zero-order valence-electron chi connectivity index (χ0n) is 16.5. The molecule has 0 spiro atoms. The summed E-state index contributed by atoms with van der Waals surface area (Å²) in [4.78, 5) is 17.2. The maximum Gasteiger partial charge on any atom is 0.255 e. The second-order valence-electron chi connectivity index (χ2n) is 7.15. The summed E-state index contributed by atoms with van der Waals surface area (Å²) in [6, 6.07) is 17.0. The van der Waals surface area contributed by atoms with Crippen LogP contribution in [0.25, 0.3) is 22.6 Å². The van der Waals surface area contributed by atoms with Gasteiger partial charge in [-0.1, -0.05) is 36.7 Å². The largest absolute Gasteiger partial charge is 0.436 e. The van der Waals surface area contributed by atoms with E-state index < -0.39 is 0 Å². The van der Waals surface area contributed by atoms with Gasteiger partial charge in [-0.3, -0.25) is 4.79 Å². The summed E-state index contributed by atoms with van der Waals surface area (Å²) in [6.45, 7) is 6.11. The van der Waals surface area contributed by atoms with E-state index in [1.807, 2.05) is 50.2 Å². The second kappa shape index (κ2) is 7.72. The van der Waals surface area contributed by atoms with E-state index in [4.69, 9.17) is 16.0 Å². The first-order chi connectivity index (χ1) is 13.9. The minimum absolute atomic E-state index is 0.212. The quantitative estimate of drug-likeness (QED) is 0.418. The lowest BCUT2D eigenvalue weighted by molar-refractivity contribution is 0.102. The number of rotatable bonds is 4. The number of nitrogens with one attached hydrogen (secondary N) is 1. The molecule has 1 heterocycles. The van der Waals surface area contributed by atoms with Crippen LogP contribution in [-0.4, -0.2) is 10.9 Å². The number of hydrogen-bond donors (Lipinski definition) is 1. The summed E-state index contributed by atoms with van der Waals surface area (Å²) >= 11 is 6.32. The number of carbonyl (C=O) groups excluding carboxylic acids is 1. The van der Waals surface area contributed by atoms with Gasteiger partial charge in [0.25, 0.3) is 5.91 Å². The van der Waals surface area contributed by atoms with E-state index >= 15 is 0 Å². The molecule has 0 unspecified atom stereocenters. The third-order valence-corrected chi connectivity index (χ3v) is 5.24. The lowest BCUT2D eigenvalue weighted by Crippen LogP contribution is -2.12. The smallest absolute Gasteiger partial charge is 0.255 e. The van der Waals surface area contributed by atoms with E-state index in [2.05, 4.69) is 23.3 Å². The highest BCUT2D eigenvalue weighted by molar-refractivity contribution is 6.34. The molecule has 4 nitrogen and oxygen atoms in total. The molecule has 1 amide bonds. The summed E-state index contributed by atoms with van der Waals surface area (Å²) in [5.74, 6) is 0.281. The van der Waals surface area contributed by atoms with Crippen LogP contribution in [0.15, 0.2) is 59.0 Å². The molecule has 0 aliphatic heterocycles. The van der Waals surface area contributed by atoms with Crippen LogP contribution in [0.1, 0.15) is 34.0 Å². The SMILES string of the molecule is CCc1ccc(C(=O)Nc2cc(-c3nc4cc(C)cc(C)c4o3)ccc2Cl)cc1. The summed E-state index contributed by atoms with van der Waals surface area (Å²) in [7, 11) is 0. The number of oxazole rings is 1. The van der Waals surface area contributed by atoms with Crippen molar-refractivity contribution in [2.75, 3.05) is 5.32 Å². The minimum atomic E-state index is -0.212. The molecule has 0 bridgehead atoms. The number of anilines is 1. The van der Waals surface area contributed by atoms with Crippen molar-refractivity contribution in [3.63, 3.8) is 0 Å². The molecule has 0 aliphatic carbocycles. The van der Waals surface area contributed by atoms with Crippen LogP contribution in [-0.2, 0) is 6.42 Å². The average molecular weight is 405 g/mol. The number of halogens is 1. The Morgan fingerprint density at radius 1 is 1.07 bits per heavy atom. The first-order valence-electron chi connectivity index (χ1n) is 9.52.